The maximum atomic E-state index is 12.4. The largest absolute Gasteiger partial charge is 0.495 e. The molecule has 0 aliphatic rings. The number of nitrogens with one attached hydrogen (secondary N) is 2. The quantitative estimate of drug-likeness (QED) is 0.820. The second kappa shape index (κ2) is 7.23. The number of carbonyl (C=O) groups is 1. The lowest BCUT2D eigenvalue weighted by Gasteiger charge is -2.12. The molecule has 2 N–H and O–H groups in total. The fourth-order valence-corrected chi connectivity index (χ4v) is 3.81. The Morgan fingerprint density at radius 3 is 2.54 bits per heavy atom. The molecule has 0 spiro atoms. The van der Waals surface area contributed by atoms with Crippen LogP contribution in [0.3, 0.4) is 0 Å². The summed E-state index contributed by atoms with van der Waals surface area (Å²) in [5, 5.41) is 2.78. The highest BCUT2D eigenvalue weighted by atomic mass is 32.2. The average Bonchev–Trinajstić information content (AvgIpc) is 2.87. The Bertz CT molecular complexity index is 857. The number of hydrogen-bond donors (Lipinski definition) is 2. The molecule has 0 saturated carbocycles. The van der Waals surface area contributed by atoms with Crippen molar-refractivity contribution < 1.29 is 17.9 Å². The molecule has 1 amide bonds. The van der Waals surface area contributed by atoms with Crippen molar-refractivity contribution in [3.63, 3.8) is 0 Å². The molecule has 0 aliphatic heterocycles. The van der Waals surface area contributed by atoms with Gasteiger partial charge in [-0.15, -0.1) is 11.3 Å². The molecule has 0 unspecified atom stereocenters. The number of benzene rings is 1. The Hall–Kier alpha value is -2.06. The standard InChI is InChI=1S/C16H20N2O4S2/c1-5-11-8-15(23-10(11)2)16(19)17-12-6-7-14(22-3)13(9-12)18-24(4,20)21/h6-9,18H,5H2,1-4H3,(H,17,19). The van der Waals surface area contributed by atoms with Crippen LogP contribution in [-0.4, -0.2) is 27.7 Å². The summed E-state index contributed by atoms with van der Waals surface area (Å²) >= 11 is 1.44. The van der Waals surface area contributed by atoms with Crippen LogP contribution in [0.5, 0.6) is 5.75 Å². The molecule has 24 heavy (non-hydrogen) atoms. The molecule has 0 saturated heterocycles. The van der Waals surface area contributed by atoms with Crippen LogP contribution in [0.25, 0.3) is 0 Å². The van der Waals surface area contributed by atoms with Gasteiger partial charge in [-0.1, -0.05) is 6.92 Å². The molecule has 1 heterocycles. The van der Waals surface area contributed by atoms with Gasteiger partial charge in [0, 0.05) is 10.6 Å². The Kier molecular flexibility index (Phi) is 5.51. The second-order valence-electron chi connectivity index (χ2n) is 5.29. The van der Waals surface area contributed by atoms with Crippen molar-refractivity contribution in [1.29, 1.82) is 0 Å². The number of methoxy groups -OCH3 is 1. The summed E-state index contributed by atoms with van der Waals surface area (Å²) in [7, 11) is -2.01. The van der Waals surface area contributed by atoms with Crippen LogP contribution < -0.4 is 14.8 Å². The van der Waals surface area contributed by atoms with Crippen LogP contribution in [0.1, 0.15) is 27.0 Å². The van der Waals surface area contributed by atoms with Crippen molar-refractivity contribution in [2.75, 3.05) is 23.4 Å². The van der Waals surface area contributed by atoms with Gasteiger partial charge >= 0.3 is 0 Å². The third kappa shape index (κ3) is 4.48. The number of thiophene rings is 1. The van der Waals surface area contributed by atoms with Crippen LogP contribution in [0.4, 0.5) is 11.4 Å². The van der Waals surface area contributed by atoms with Gasteiger partial charge in [-0.25, -0.2) is 8.42 Å². The number of anilines is 2. The highest BCUT2D eigenvalue weighted by Crippen LogP contribution is 2.29. The summed E-state index contributed by atoms with van der Waals surface area (Å²) in [5.74, 6) is 0.150. The lowest BCUT2D eigenvalue weighted by atomic mass is 10.2. The highest BCUT2D eigenvalue weighted by molar-refractivity contribution is 7.92. The van der Waals surface area contributed by atoms with Crippen LogP contribution in [0.2, 0.25) is 0 Å². The van der Waals surface area contributed by atoms with E-state index in [-0.39, 0.29) is 11.6 Å². The molecule has 130 valence electrons. The third-order valence-corrected chi connectivity index (χ3v) is 5.06. The van der Waals surface area contributed by atoms with Gasteiger partial charge in [0.05, 0.1) is 23.9 Å². The monoisotopic (exact) mass is 368 g/mol. The molecule has 0 fully saturated rings. The number of carbonyl (C=O) groups excluding carboxylic acids is 1. The Morgan fingerprint density at radius 2 is 2.00 bits per heavy atom. The smallest absolute Gasteiger partial charge is 0.265 e. The van der Waals surface area contributed by atoms with E-state index in [2.05, 4.69) is 10.0 Å². The number of amides is 1. The number of ether oxygens (including phenoxy) is 1. The van der Waals surface area contributed by atoms with Crippen molar-refractivity contribution in [3.8, 4) is 5.75 Å². The SMILES string of the molecule is CCc1cc(C(=O)Nc2ccc(OC)c(NS(C)(=O)=O)c2)sc1C. The summed E-state index contributed by atoms with van der Waals surface area (Å²) in [5.41, 5.74) is 1.91. The van der Waals surface area contributed by atoms with Crippen molar-refractivity contribution >= 4 is 38.6 Å². The van der Waals surface area contributed by atoms with E-state index in [9.17, 15) is 13.2 Å². The van der Waals surface area contributed by atoms with Gasteiger partial charge in [-0.2, -0.15) is 0 Å². The lowest BCUT2D eigenvalue weighted by Crippen LogP contribution is -2.13. The molecule has 1 aromatic heterocycles. The van der Waals surface area contributed by atoms with E-state index < -0.39 is 10.0 Å². The first-order valence-electron chi connectivity index (χ1n) is 7.30. The minimum absolute atomic E-state index is 0.224. The molecule has 2 aromatic rings. The molecule has 6 nitrogen and oxygen atoms in total. The fraction of sp³-hybridized carbons (Fsp3) is 0.312. The van der Waals surface area contributed by atoms with Crippen LogP contribution in [0.15, 0.2) is 24.3 Å². The third-order valence-electron chi connectivity index (χ3n) is 3.38. The topological polar surface area (TPSA) is 84.5 Å². The van der Waals surface area contributed by atoms with E-state index in [1.807, 2.05) is 19.9 Å². The molecule has 1 aromatic carbocycles. The van der Waals surface area contributed by atoms with E-state index in [4.69, 9.17) is 4.74 Å². The molecular weight excluding hydrogens is 348 g/mol. The lowest BCUT2D eigenvalue weighted by molar-refractivity contribution is 0.103. The summed E-state index contributed by atoms with van der Waals surface area (Å²) < 4.78 is 30.4. The zero-order valence-electron chi connectivity index (χ0n) is 14.0. The van der Waals surface area contributed by atoms with Crippen LogP contribution >= 0.6 is 11.3 Å². The predicted molar refractivity (Wildman–Crippen MR) is 97.8 cm³/mol. The van der Waals surface area contributed by atoms with Gasteiger partial charge in [-0.05, 0) is 43.2 Å². The normalized spacial score (nSPS) is 11.2. The van der Waals surface area contributed by atoms with Gasteiger partial charge in [-0.3, -0.25) is 9.52 Å². The maximum Gasteiger partial charge on any atom is 0.265 e. The van der Waals surface area contributed by atoms with Gasteiger partial charge in [0.15, 0.2) is 0 Å². The van der Waals surface area contributed by atoms with Gasteiger partial charge in [0.25, 0.3) is 5.91 Å². The second-order valence-corrected chi connectivity index (χ2v) is 8.29. The number of sulfonamides is 1. The molecular formula is C16H20N2O4S2. The van der Waals surface area contributed by atoms with Gasteiger partial charge in [0.2, 0.25) is 10.0 Å². The average molecular weight is 368 g/mol. The number of rotatable bonds is 6. The molecule has 0 bridgehead atoms. The van der Waals surface area contributed by atoms with Gasteiger partial charge in [0.1, 0.15) is 5.75 Å². The van der Waals surface area contributed by atoms with E-state index in [1.54, 1.807) is 12.1 Å². The first-order chi connectivity index (χ1) is 11.2. The van der Waals surface area contributed by atoms with Crippen LogP contribution in [-0.2, 0) is 16.4 Å². The Labute approximate surface area is 145 Å². The minimum Gasteiger partial charge on any atom is -0.495 e. The Morgan fingerprint density at radius 1 is 1.29 bits per heavy atom. The molecule has 2 rings (SSSR count). The molecule has 0 aliphatic carbocycles. The first kappa shape index (κ1) is 18.3. The number of aryl methyl sites for hydroxylation is 2. The van der Waals surface area contributed by atoms with Crippen LogP contribution in [0, 0.1) is 6.92 Å². The summed E-state index contributed by atoms with van der Waals surface area (Å²) in [6.07, 6.45) is 1.93. The van der Waals surface area contributed by atoms with Crippen molar-refractivity contribution in [1.82, 2.24) is 0 Å². The zero-order valence-corrected chi connectivity index (χ0v) is 15.6. The van der Waals surface area contributed by atoms with Crippen molar-refractivity contribution in [2.24, 2.45) is 0 Å². The van der Waals surface area contributed by atoms with E-state index in [1.165, 1.54) is 24.5 Å². The minimum atomic E-state index is -3.45. The van der Waals surface area contributed by atoms with E-state index in [0.29, 0.717) is 16.3 Å². The number of hydrogen-bond acceptors (Lipinski definition) is 5. The first-order valence-corrected chi connectivity index (χ1v) is 10.0. The van der Waals surface area contributed by atoms with E-state index in [0.717, 1.165) is 23.1 Å². The maximum absolute atomic E-state index is 12.4. The summed E-state index contributed by atoms with van der Waals surface area (Å²) in [6.45, 7) is 4.03. The van der Waals surface area contributed by atoms with Gasteiger partial charge < -0.3 is 10.1 Å². The fourth-order valence-electron chi connectivity index (χ4n) is 2.24. The highest BCUT2D eigenvalue weighted by Gasteiger charge is 2.14. The molecule has 0 atom stereocenters. The molecule has 8 heteroatoms. The van der Waals surface area contributed by atoms with Crippen molar-refractivity contribution in [2.45, 2.75) is 20.3 Å². The predicted octanol–water partition coefficient (Wildman–Crippen LogP) is 3.25. The zero-order chi connectivity index (χ0) is 17.9. The van der Waals surface area contributed by atoms with E-state index >= 15 is 0 Å². The summed E-state index contributed by atoms with van der Waals surface area (Å²) in [6, 6.07) is 6.67. The Balaban J connectivity index is 2.25. The summed E-state index contributed by atoms with van der Waals surface area (Å²) in [4.78, 5) is 14.1. The molecule has 0 radical (unpaired) electrons. The van der Waals surface area contributed by atoms with Crippen molar-refractivity contribution in [3.05, 3.63) is 39.6 Å².